The Morgan fingerprint density at radius 3 is 2.73 bits per heavy atom. The lowest BCUT2D eigenvalue weighted by Gasteiger charge is -2.33. The maximum atomic E-state index is 13.8. The first-order valence-corrected chi connectivity index (χ1v) is 11.0. The number of fused-ring (bicyclic) bond motifs is 1. The molecule has 3 aromatic rings. The van der Waals surface area contributed by atoms with Crippen molar-refractivity contribution in [2.75, 3.05) is 10.6 Å². The van der Waals surface area contributed by atoms with Gasteiger partial charge in [-0.15, -0.1) is 11.3 Å². The Balaban J connectivity index is 1.70. The Bertz CT molecular complexity index is 1100. The quantitative estimate of drug-likeness (QED) is 0.379. The number of carbonyl (C=O) groups is 1. The number of alkyl halides is 3. The summed E-state index contributed by atoms with van der Waals surface area (Å²) in [5.74, 6) is -0.613. The molecule has 3 heterocycles. The van der Waals surface area contributed by atoms with Gasteiger partial charge >= 0.3 is 6.18 Å². The fourth-order valence-electron chi connectivity index (χ4n) is 3.18. The normalized spacial score (nSPS) is 18.6. The maximum absolute atomic E-state index is 13.8. The molecule has 0 saturated heterocycles. The van der Waals surface area contributed by atoms with Crippen LogP contribution in [0, 0.1) is 0 Å². The molecule has 5 nitrogen and oxygen atoms in total. The summed E-state index contributed by atoms with van der Waals surface area (Å²) in [6.07, 6.45) is -4.78. The third-order valence-corrected chi connectivity index (χ3v) is 6.86. The molecule has 12 heteroatoms. The number of benzene rings is 1. The number of hydrogen-bond donors (Lipinski definition) is 2. The summed E-state index contributed by atoms with van der Waals surface area (Å²) in [7, 11) is 0. The molecule has 2 atom stereocenters. The van der Waals surface area contributed by atoms with Crippen LogP contribution in [0.3, 0.4) is 0 Å². The highest BCUT2D eigenvalue weighted by Crippen LogP contribution is 2.47. The number of aromatic nitrogens is 2. The van der Waals surface area contributed by atoms with Crippen molar-refractivity contribution in [1.29, 1.82) is 0 Å². The van der Waals surface area contributed by atoms with Crippen LogP contribution in [0.1, 0.15) is 33.9 Å². The van der Waals surface area contributed by atoms with E-state index < -0.39 is 24.2 Å². The molecule has 1 aromatic carbocycles. The Hall–Kier alpha value is -1.75. The zero-order chi connectivity index (χ0) is 21.6. The highest BCUT2D eigenvalue weighted by molar-refractivity contribution is 9.10. The van der Waals surface area contributed by atoms with Gasteiger partial charge < -0.3 is 10.6 Å². The van der Waals surface area contributed by atoms with E-state index in [2.05, 4.69) is 31.7 Å². The number of rotatable bonds is 3. The van der Waals surface area contributed by atoms with Crippen molar-refractivity contribution >= 4 is 67.9 Å². The fourth-order valence-corrected chi connectivity index (χ4v) is 4.99. The van der Waals surface area contributed by atoms with E-state index in [9.17, 15) is 18.0 Å². The molecular formula is C18H12BrCl2F3N4OS. The fraction of sp³-hybridized carbons (Fsp3) is 0.222. The van der Waals surface area contributed by atoms with Gasteiger partial charge in [-0.3, -0.25) is 4.79 Å². The van der Waals surface area contributed by atoms with Crippen LogP contribution < -0.4 is 10.6 Å². The summed E-state index contributed by atoms with van der Waals surface area (Å²) < 4.78 is 42.3. The first-order chi connectivity index (χ1) is 14.1. The number of nitrogens with zero attached hydrogens (tertiary/aromatic N) is 2. The van der Waals surface area contributed by atoms with E-state index in [-0.39, 0.29) is 33.1 Å². The monoisotopic (exact) mass is 538 g/mol. The Morgan fingerprint density at radius 2 is 2.10 bits per heavy atom. The number of anilines is 2. The molecule has 0 saturated carbocycles. The molecule has 1 amide bonds. The SMILES string of the molecule is O=C(Nc1ccc(Cl)cc1Cl)c1nn2c(c1Br)N[C@H](c1cccs1)C[C@H]2C(F)(F)F. The lowest BCUT2D eigenvalue weighted by atomic mass is 10.0. The molecule has 0 aliphatic carbocycles. The van der Waals surface area contributed by atoms with Crippen molar-refractivity contribution < 1.29 is 18.0 Å². The van der Waals surface area contributed by atoms with E-state index >= 15 is 0 Å². The summed E-state index contributed by atoms with van der Waals surface area (Å²) in [6.45, 7) is 0. The van der Waals surface area contributed by atoms with Crippen LogP contribution in [0.2, 0.25) is 10.0 Å². The second kappa shape index (κ2) is 8.07. The largest absolute Gasteiger partial charge is 0.410 e. The lowest BCUT2D eigenvalue weighted by Crippen LogP contribution is -2.35. The standard InChI is InChI=1S/C18H12BrCl2F3N4OS/c19-14-15(17(29)26-10-4-3-8(20)6-9(10)21)27-28-13(18(22,23)24)7-11(25-16(14)28)12-2-1-5-30-12/h1-6,11,13,25H,7H2,(H,26,29)/t11-,13-/m0/s1. The van der Waals surface area contributed by atoms with E-state index in [0.29, 0.717) is 5.02 Å². The predicted octanol–water partition coefficient (Wildman–Crippen LogP) is 6.93. The van der Waals surface area contributed by atoms with Crippen LogP contribution in [0.15, 0.2) is 40.2 Å². The van der Waals surface area contributed by atoms with Gasteiger partial charge in [0.2, 0.25) is 0 Å². The van der Waals surface area contributed by atoms with Crippen LogP contribution in [0.25, 0.3) is 0 Å². The van der Waals surface area contributed by atoms with Crippen molar-refractivity contribution in [1.82, 2.24) is 9.78 Å². The van der Waals surface area contributed by atoms with Gasteiger partial charge in [-0.25, -0.2) is 4.68 Å². The lowest BCUT2D eigenvalue weighted by molar-refractivity contribution is -0.173. The van der Waals surface area contributed by atoms with Gasteiger partial charge in [-0.2, -0.15) is 18.3 Å². The molecule has 0 unspecified atom stereocenters. The minimum Gasteiger partial charge on any atom is -0.362 e. The molecule has 0 radical (unpaired) electrons. The van der Waals surface area contributed by atoms with E-state index in [0.717, 1.165) is 9.56 Å². The molecule has 2 aromatic heterocycles. The first kappa shape index (κ1) is 21.5. The van der Waals surface area contributed by atoms with E-state index in [4.69, 9.17) is 23.2 Å². The van der Waals surface area contributed by atoms with Crippen LogP contribution >= 0.6 is 50.5 Å². The number of amides is 1. The summed E-state index contributed by atoms with van der Waals surface area (Å²) in [5.41, 5.74) is 0.0744. The average Bonchev–Trinajstić information content (AvgIpc) is 3.31. The van der Waals surface area contributed by atoms with Gasteiger partial charge in [0.15, 0.2) is 11.7 Å². The van der Waals surface area contributed by atoms with Crippen LogP contribution in [0.4, 0.5) is 24.7 Å². The molecule has 0 bridgehead atoms. The highest BCUT2D eigenvalue weighted by atomic mass is 79.9. The zero-order valence-electron chi connectivity index (χ0n) is 14.8. The zero-order valence-corrected chi connectivity index (χ0v) is 18.7. The first-order valence-electron chi connectivity index (χ1n) is 8.56. The molecule has 158 valence electrons. The van der Waals surface area contributed by atoms with Crippen LogP contribution in [-0.4, -0.2) is 21.9 Å². The van der Waals surface area contributed by atoms with Crippen molar-refractivity contribution in [2.45, 2.75) is 24.7 Å². The molecule has 2 N–H and O–H groups in total. The van der Waals surface area contributed by atoms with Crippen molar-refractivity contribution in [2.24, 2.45) is 0 Å². The maximum Gasteiger partial charge on any atom is 0.410 e. The molecule has 0 fully saturated rings. The topological polar surface area (TPSA) is 59.0 Å². The number of thiophene rings is 1. The Morgan fingerprint density at radius 1 is 1.33 bits per heavy atom. The molecule has 0 spiro atoms. The number of carbonyl (C=O) groups excluding carboxylic acids is 1. The van der Waals surface area contributed by atoms with Crippen LogP contribution in [0.5, 0.6) is 0 Å². The molecule has 1 aliphatic heterocycles. The van der Waals surface area contributed by atoms with Crippen molar-refractivity contribution in [3.8, 4) is 0 Å². The summed E-state index contributed by atoms with van der Waals surface area (Å²) in [5, 5.41) is 12.0. The van der Waals surface area contributed by atoms with E-state index in [1.807, 2.05) is 0 Å². The Kier molecular flexibility index (Phi) is 5.78. The number of hydrogen-bond acceptors (Lipinski definition) is 4. The number of halogens is 6. The van der Waals surface area contributed by atoms with Gasteiger partial charge in [-0.05, 0) is 45.6 Å². The molecule has 30 heavy (non-hydrogen) atoms. The van der Waals surface area contributed by atoms with Gasteiger partial charge in [0.05, 0.1) is 21.2 Å². The average molecular weight is 540 g/mol. The van der Waals surface area contributed by atoms with Gasteiger partial charge in [0, 0.05) is 16.3 Å². The summed E-state index contributed by atoms with van der Waals surface area (Å²) >= 11 is 16.5. The molecular weight excluding hydrogens is 528 g/mol. The summed E-state index contributed by atoms with van der Waals surface area (Å²) in [6, 6.07) is 5.58. The van der Waals surface area contributed by atoms with Crippen molar-refractivity contribution in [3.05, 3.63) is 60.8 Å². The molecule has 4 rings (SSSR count). The molecule has 1 aliphatic rings. The number of nitrogens with one attached hydrogen (secondary N) is 2. The third kappa shape index (κ3) is 4.05. The van der Waals surface area contributed by atoms with E-state index in [1.165, 1.54) is 29.5 Å². The smallest absolute Gasteiger partial charge is 0.362 e. The highest BCUT2D eigenvalue weighted by Gasteiger charge is 2.48. The minimum atomic E-state index is -4.54. The minimum absolute atomic E-state index is 0.0920. The van der Waals surface area contributed by atoms with Crippen molar-refractivity contribution in [3.63, 3.8) is 0 Å². The van der Waals surface area contributed by atoms with Gasteiger partial charge in [0.1, 0.15) is 5.82 Å². The van der Waals surface area contributed by atoms with Gasteiger partial charge in [-0.1, -0.05) is 29.3 Å². The predicted molar refractivity (Wildman–Crippen MR) is 115 cm³/mol. The Labute approximate surface area is 191 Å². The van der Waals surface area contributed by atoms with Crippen LogP contribution in [-0.2, 0) is 0 Å². The second-order valence-electron chi connectivity index (χ2n) is 6.54. The third-order valence-electron chi connectivity index (χ3n) is 4.58. The van der Waals surface area contributed by atoms with E-state index in [1.54, 1.807) is 17.5 Å². The summed E-state index contributed by atoms with van der Waals surface area (Å²) in [4.78, 5) is 13.5. The van der Waals surface area contributed by atoms with Gasteiger partial charge in [0.25, 0.3) is 5.91 Å². The second-order valence-corrected chi connectivity index (χ2v) is 9.16.